The summed E-state index contributed by atoms with van der Waals surface area (Å²) >= 11 is 0. The van der Waals surface area contributed by atoms with Gasteiger partial charge in [-0.25, -0.2) is 9.36 Å². The third kappa shape index (κ3) is 4.20. The maximum absolute atomic E-state index is 12.4. The molecule has 1 N–H and O–H groups in total. The number of hydrogen-bond donors (Lipinski definition) is 1. The second-order valence-corrected chi connectivity index (χ2v) is 6.12. The molecule has 0 amide bonds. The number of benzene rings is 1. The van der Waals surface area contributed by atoms with E-state index in [2.05, 4.69) is 0 Å². The molecular formula is C20H22N2O5. The molecule has 0 saturated heterocycles. The van der Waals surface area contributed by atoms with Crippen LogP contribution in [0.4, 0.5) is 0 Å². The molecule has 1 aromatic carbocycles. The lowest BCUT2D eigenvalue weighted by Crippen LogP contribution is -2.41. The normalized spacial score (nSPS) is 13.4. The molecule has 0 unspecified atom stereocenters. The van der Waals surface area contributed by atoms with Crippen LogP contribution in [0.2, 0.25) is 0 Å². The van der Waals surface area contributed by atoms with E-state index < -0.39 is 11.2 Å². The summed E-state index contributed by atoms with van der Waals surface area (Å²) in [6.45, 7) is 1.88. The topological polar surface area (TPSA) is 82.7 Å². The number of hydrogen-bond acceptors (Lipinski definition) is 5. The predicted octanol–water partition coefficient (Wildman–Crippen LogP) is 2.60. The van der Waals surface area contributed by atoms with E-state index in [1.165, 1.54) is 0 Å². The van der Waals surface area contributed by atoms with E-state index in [9.17, 15) is 14.8 Å². The van der Waals surface area contributed by atoms with Gasteiger partial charge in [0.1, 0.15) is 12.5 Å². The largest absolute Gasteiger partial charge is 0.440 e. The van der Waals surface area contributed by atoms with E-state index >= 15 is 0 Å². The lowest BCUT2D eigenvalue weighted by molar-refractivity contribution is 0.0464. The Morgan fingerprint density at radius 3 is 2.59 bits per heavy atom. The number of nitrogens with zero attached hydrogens (tertiary/aromatic N) is 2. The molecule has 0 aliphatic heterocycles. The second-order valence-electron chi connectivity index (χ2n) is 6.12. The quantitative estimate of drug-likeness (QED) is 0.758. The molecule has 7 nitrogen and oxygen atoms in total. The molecule has 1 aliphatic carbocycles. The third-order valence-corrected chi connectivity index (χ3v) is 4.23. The first kappa shape index (κ1) is 18.7. The van der Waals surface area contributed by atoms with Gasteiger partial charge in [0.25, 0.3) is 5.56 Å². The lowest BCUT2D eigenvalue weighted by Gasteiger charge is -2.18. The van der Waals surface area contributed by atoms with Gasteiger partial charge in [-0.15, -0.1) is 0 Å². The summed E-state index contributed by atoms with van der Waals surface area (Å²) < 4.78 is 12.7. The fourth-order valence-electron chi connectivity index (χ4n) is 2.81. The zero-order valence-corrected chi connectivity index (χ0v) is 15.1. The molecule has 1 aliphatic rings. The smallest absolute Gasteiger partial charge is 0.369 e. The number of aromatic nitrogens is 2. The minimum Gasteiger partial charge on any atom is -0.440 e. The fourth-order valence-corrected chi connectivity index (χ4v) is 2.81. The van der Waals surface area contributed by atoms with E-state index in [0.29, 0.717) is 12.2 Å². The SMILES string of the molecule is CCc1c(OC2=CCCC=C2)n(COCc2ccccc2)c(=O)n(O)c1=O. The van der Waals surface area contributed by atoms with Crippen molar-refractivity contribution in [2.75, 3.05) is 0 Å². The summed E-state index contributed by atoms with van der Waals surface area (Å²) in [6, 6.07) is 9.50. The third-order valence-electron chi connectivity index (χ3n) is 4.23. The minimum absolute atomic E-state index is 0.0999. The average Bonchev–Trinajstić information content (AvgIpc) is 2.70. The molecule has 1 aromatic heterocycles. The van der Waals surface area contributed by atoms with Crippen LogP contribution in [0.3, 0.4) is 0 Å². The second kappa shape index (κ2) is 8.55. The monoisotopic (exact) mass is 370 g/mol. The summed E-state index contributed by atoms with van der Waals surface area (Å²) in [5.74, 6) is 0.658. The van der Waals surface area contributed by atoms with Gasteiger partial charge in [0.15, 0.2) is 0 Å². The average molecular weight is 370 g/mol. The van der Waals surface area contributed by atoms with E-state index in [1.807, 2.05) is 42.5 Å². The highest BCUT2D eigenvalue weighted by molar-refractivity contribution is 5.29. The molecule has 0 spiro atoms. The Hall–Kier alpha value is -3.06. The van der Waals surface area contributed by atoms with Crippen molar-refractivity contribution in [3.8, 4) is 5.88 Å². The molecule has 3 rings (SSSR count). The van der Waals surface area contributed by atoms with Crippen molar-refractivity contribution >= 4 is 0 Å². The van der Waals surface area contributed by atoms with Crippen LogP contribution in [-0.2, 0) is 24.5 Å². The van der Waals surface area contributed by atoms with Gasteiger partial charge in [0.05, 0.1) is 12.2 Å². The van der Waals surface area contributed by atoms with Crippen molar-refractivity contribution in [1.29, 1.82) is 0 Å². The van der Waals surface area contributed by atoms with Gasteiger partial charge in [-0.2, -0.15) is 0 Å². The molecule has 2 aromatic rings. The molecule has 1 heterocycles. The van der Waals surface area contributed by atoms with E-state index in [1.54, 1.807) is 13.0 Å². The summed E-state index contributed by atoms with van der Waals surface area (Å²) in [6.07, 6.45) is 7.68. The Morgan fingerprint density at radius 2 is 1.93 bits per heavy atom. The molecule has 0 fully saturated rings. The first-order valence-corrected chi connectivity index (χ1v) is 8.86. The molecule has 0 bridgehead atoms. The Labute approximate surface area is 156 Å². The number of ether oxygens (including phenoxy) is 2. The lowest BCUT2D eigenvalue weighted by atomic mass is 10.2. The highest BCUT2D eigenvalue weighted by atomic mass is 16.5. The van der Waals surface area contributed by atoms with Crippen LogP contribution in [0, 0.1) is 0 Å². The molecule has 0 atom stereocenters. The Bertz CT molecular complexity index is 970. The van der Waals surface area contributed by atoms with Gasteiger partial charge in [-0.1, -0.05) is 48.1 Å². The fraction of sp³-hybridized carbons (Fsp3) is 0.300. The predicted molar refractivity (Wildman–Crippen MR) is 99.8 cm³/mol. The van der Waals surface area contributed by atoms with Gasteiger partial charge in [0, 0.05) is 0 Å². The van der Waals surface area contributed by atoms with Crippen LogP contribution in [0.15, 0.2) is 63.9 Å². The van der Waals surface area contributed by atoms with Gasteiger partial charge in [-0.05, 0) is 37.0 Å². The van der Waals surface area contributed by atoms with Crippen LogP contribution in [-0.4, -0.2) is 14.5 Å². The zero-order chi connectivity index (χ0) is 19.2. The summed E-state index contributed by atoms with van der Waals surface area (Å²) in [5.41, 5.74) is -0.530. The van der Waals surface area contributed by atoms with Crippen molar-refractivity contribution in [3.63, 3.8) is 0 Å². The van der Waals surface area contributed by atoms with Crippen molar-refractivity contribution in [3.05, 3.63) is 86.3 Å². The Balaban J connectivity index is 1.93. The van der Waals surface area contributed by atoms with Crippen molar-refractivity contribution in [2.45, 2.75) is 39.5 Å². The van der Waals surface area contributed by atoms with Gasteiger partial charge in [-0.3, -0.25) is 4.79 Å². The number of allylic oxidation sites excluding steroid dienone is 3. The number of rotatable bonds is 7. The molecule has 0 radical (unpaired) electrons. The molecule has 0 saturated carbocycles. The Morgan fingerprint density at radius 1 is 1.15 bits per heavy atom. The highest BCUT2D eigenvalue weighted by Crippen LogP contribution is 2.20. The summed E-state index contributed by atoms with van der Waals surface area (Å²) in [7, 11) is 0. The van der Waals surface area contributed by atoms with Crippen LogP contribution in [0.5, 0.6) is 5.88 Å². The Kier molecular flexibility index (Phi) is 5.93. The van der Waals surface area contributed by atoms with Gasteiger partial charge < -0.3 is 14.7 Å². The summed E-state index contributed by atoms with van der Waals surface area (Å²) in [4.78, 5) is 24.7. The van der Waals surface area contributed by atoms with E-state index in [0.717, 1.165) is 23.0 Å². The molecule has 142 valence electrons. The molecule has 7 heteroatoms. The highest BCUT2D eigenvalue weighted by Gasteiger charge is 2.20. The van der Waals surface area contributed by atoms with Gasteiger partial charge in [0.2, 0.25) is 5.88 Å². The first-order valence-electron chi connectivity index (χ1n) is 8.86. The minimum atomic E-state index is -0.902. The van der Waals surface area contributed by atoms with Gasteiger partial charge >= 0.3 is 5.69 Å². The van der Waals surface area contributed by atoms with Crippen molar-refractivity contribution in [2.24, 2.45) is 0 Å². The summed E-state index contributed by atoms with van der Waals surface area (Å²) in [5, 5.41) is 9.88. The van der Waals surface area contributed by atoms with Crippen LogP contribution in [0.1, 0.15) is 30.9 Å². The van der Waals surface area contributed by atoms with Crippen LogP contribution < -0.4 is 16.0 Å². The maximum atomic E-state index is 12.4. The standard InChI is InChI=1S/C20H22N2O5/c1-2-17-18(23)22(25)20(24)21(14-26-13-15-9-5-3-6-10-15)19(17)27-16-11-7-4-8-12-16/h3,5-7,9-12,25H,2,4,8,13-14H2,1H3. The van der Waals surface area contributed by atoms with Crippen LogP contribution in [0.25, 0.3) is 0 Å². The van der Waals surface area contributed by atoms with E-state index in [4.69, 9.17) is 9.47 Å². The van der Waals surface area contributed by atoms with E-state index in [-0.39, 0.29) is 29.5 Å². The molecule has 27 heavy (non-hydrogen) atoms. The first-order chi connectivity index (χ1) is 13.1. The van der Waals surface area contributed by atoms with Crippen molar-refractivity contribution in [1.82, 2.24) is 9.30 Å². The van der Waals surface area contributed by atoms with Crippen LogP contribution >= 0.6 is 0 Å². The maximum Gasteiger partial charge on any atom is 0.369 e. The van der Waals surface area contributed by atoms with Crippen molar-refractivity contribution < 1.29 is 14.7 Å². The molecular weight excluding hydrogens is 348 g/mol. The zero-order valence-electron chi connectivity index (χ0n) is 15.1.